The Morgan fingerprint density at radius 3 is 2.07 bits per heavy atom. The molecule has 2 heteroatoms. The molecule has 0 spiro atoms. The molecule has 0 amide bonds. The van der Waals surface area contributed by atoms with E-state index < -0.39 is 0 Å². The van der Waals surface area contributed by atoms with E-state index in [0.29, 0.717) is 5.84 Å². The molecule has 0 aromatic rings. The second-order valence-electron chi connectivity index (χ2n) is 3.91. The zero-order valence-electron chi connectivity index (χ0n) is 9.66. The Kier molecular flexibility index (Phi) is 3.89. The van der Waals surface area contributed by atoms with Crippen LogP contribution >= 0.6 is 0 Å². The number of hydrogen-bond acceptors (Lipinski definition) is 1. The highest BCUT2D eigenvalue weighted by atomic mass is 15.2. The quantitative estimate of drug-likeness (QED) is 0.427. The van der Waals surface area contributed by atoms with Gasteiger partial charge in [-0.3, -0.25) is 5.41 Å². The summed E-state index contributed by atoms with van der Waals surface area (Å²) in [6.07, 6.45) is 7.97. The number of rotatable bonds is 3. The highest BCUT2D eigenvalue weighted by molar-refractivity contribution is 5.96. The first-order valence-corrected chi connectivity index (χ1v) is 5.41. The molecule has 1 saturated heterocycles. The summed E-state index contributed by atoms with van der Waals surface area (Å²) in [5.74, 6) is 0.602. The van der Waals surface area contributed by atoms with Crippen LogP contribution in [0.3, 0.4) is 0 Å². The summed E-state index contributed by atoms with van der Waals surface area (Å²) in [6, 6.07) is 0.575. The summed E-state index contributed by atoms with van der Waals surface area (Å²) in [5, 5.41) is 8.12. The molecule has 1 heterocycles. The Labute approximate surface area is 92.5 Å². The lowest BCUT2D eigenvalue weighted by Gasteiger charge is -2.30. The average Bonchev–Trinajstić information content (AvgIpc) is 2.69. The summed E-state index contributed by atoms with van der Waals surface area (Å²) in [6.45, 7) is 11.6. The SMILES string of the molecule is C=CC1CCC(C=C)N1C(=N)C(C)=CC. The van der Waals surface area contributed by atoms with Crippen molar-refractivity contribution in [1.82, 2.24) is 4.90 Å². The Balaban J connectivity index is 2.92. The molecule has 2 nitrogen and oxygen atoms in total. The fourth-order valence-corrected chi connectivity index (χ4v) is 2.00. The third kappa shape index (κ3) is 2.20. The minimum absolute atomic E-state index is 0.287. The molecule has 0 bridgehead atoms. The first kappa shape index (κ1) is 11.8. The van der Waals surface area contributed by atoms with Gasteiger partial charge >= 0.3 is 0 Å². The molecule has 2 unspecified atom stereocenters. The molecule has 82 valence electrons. The first-order valence-electron chi connectivity index (χ1n) is 5.41. The molecule has 1 rings (SSSR count). The topological polar surface area (TPSA) is 27.1 Å². The average molecular weight is 204 g/mol. The Morgan fingerprint density at radius 1 is 1.27 bits per heavy atom. The number of allylic oxidation sites excluding steroid dienone is 1. The fraction of sp³-hybridized carbons (Fsp3) is 0.462. The standard InChI is InChI=1S/C13H20N2/c1-5-10(4)13(14)15-11(6-2)8-9-12(15)7-3/h5-7,11-12,14H,2-3,8-9H2,1,4H3. The Morgan fingerprint density at radius 2 is 1.73 bits per heavy atom. The maximum Gasteiger partial charge on any atom is 0.124 e. The Hall–Kier alpha value is -1.31. The van der Waals surface area contributed by atoms with Gasteiger partial charge in [0, 0.05) is 12.1 Å². The predicted octanol–water partition coefficient (Wildman–Crippen LogP) is 3.13. The zero-order chi connectivity index (χ0) is 11.4. The summed E-state index contributed by atoms with van der Waals surface area (Å²) in [4.78, 5) is 2.11. The normalized spacial score (nSPS) is 26.5. The molecule has 1 aliphatic rings. The minimum Gasteiger partial charge on any atom is -0.344 e. The molecule has 1 aliphatic heterocycles. The summed E-state index contributed by atoms with van der Waals surface area (Å²) in [7, 11) is 0. The first-order chi connectivity index (χ1) is 7.15. The van der Waals surface area contributed by atoms with Crippen LogP contribution in [-0.2, 0) is 0 Å². The second-order valence-corrected chi connectivity index (χ2v) is 3.91. The summed E-state index contributed by atoms with van der Waals surface area (Å²) >= 11 is 0. The van der Waals surface area contributed by atoms with Crippen molar-refractivity contribution in [2.75, 3.05) is 0 Å². The third-order valence-electron chi connectivity index (χ3n) is 3.08. The molecule has 15 heavy (non-hydrogen) atoms. The molecule has 0 aliphatic carbocycles. The van der Waals surface area contributed by atoms with E-state index in [2.05, 4.69) is 18.1 Å². The second kappa shape index (κ2) is 4.96. The van der Waals surface area contributed by atoms with Crippen LogP contribution in [0.25, 0.3) is 0 Å². The summed E-state index contributed by atoms with van der Waals surface area (Å²) in [5.41, 5.74) is 1.01. The van der Waals surface area contributed by atoms with E-state index in [9.17, 15) is 0 Å². The van der Waals surface area contributed by atoms with Gasteiger partial charge in [0.15, 0.2) is 0 Å². The fourth-order valence-electron chi connectivity index (χ4n) is 2.00. The van der Waals surface area contributed by atoms with Crippen molar-refractivity contribution in [3.8, 4) is 0 Å². The molecule has 0 saturated carbocycles. The largest absolute Gasteiger partial charge is 0.344 e. The monoisotopic (exact) mass is 204 g/mol. The number of nitrogens with one attached hydrogen (secondary N) is 1. The van der Waals surface area contributed by atoms with Gasteiger partial charge in [0.1, 0.15) is 5.84 Å². The molecule has 2 atom stereocenters. The van der Waals surface area contributed by atoms with Crippen LogP contribution in [0.4, 0.5) is 0 Å². The van der Waals surface area contributed by atoms with Crippen molar-refractivity contribution in [1.29, 1.82) is 5.41 Å². The smallest absolute Gasteiger partial charge is 0.124 e. The molecule has 0 aromatic heterocycles. The van der Waals surface area contributed by atoms with E-state index in [-0.39, 0.29) is 12.1 Å². The zero-order valence-corrected chi connectivity index (χ0v) is 9.66. The highest BCUT2D eigenvalue weighted by Gasteiger charge is 2.31. The molecular weight excluding hydrogens is 184 g/mol. The van der Waals surface area contributed by atoms with Gasteiger partial charge in [0.05, 0.1) is 0 Å². The van der Waals surface area contributed by atoms with Crippen LogP contribution < -0.4 is 0 Å². The van der Waals surface area contributed by atoms with E-state index in [4.69, 9.17) is 5.41 Å². The van der Waals surface area contributed by atoms with Gasteiger partial charge in [-0.1, -0.05) is 18.2 Å². The maximum absolute atomic E-state index is 8.12. The van der Waals surface area contributed by atoms with Crippen molar-refractivity contribution in [2.45, 2.75) is 38.8 Å². The van der Waals surface area contributed by atoms with Crippen molar-refractivity contribution in [3.05, 3.63) is 37.0 Å². The predicted molar refractivity (Wildman–Crippen MR) is 66.2 cm³/mol. The van der Waals surface area contributed by atoms with Crippen LogP contribution in [0.2, 0.25) is 0 Å². The van der Waals surface area contributed by atoms with E-state index in [1.807, 2.05) is 32.1 Å². The lowest BCUT2D eigenvalue weighted by molar-refractivity contribution is 0.391. The van der Waals surface area contributed by atoms with Gasteiger partial charge < -0.3 is 4.90 Å². The van der Waals surface area contributed by atoms with Gasteiger partial charge in [-0.25, -0.2) is 0 Å². The van der Waals surface area contributed by atoms with Crippen LogP contribution in [-0.4, -0.2) is 22.8 Å². The molecule has 1 fully saturated rings. The summed E-state index contributed by atoms with van der Waals surface area (Å²) < 4.78 is 0. The number of nitrogens with zero attached hydrogens (tertiary/aromatic N) is 1. The highest BCUT2D eigenvalue weighted by Crippen LogP contribution is 2.27. The van der Waals surface area contributed by atoms with Crippen LogP contribution in [0.5, 0.6) is 0 Å². The van der Waals surface area contributed by atoms with Crippen molar-refractivity contribution >= 4 is 5.84 Å². The number of likely N-dealkylation sites (tertiary alicyclic amines) is 1. The Bertz CT molecular complexity index is 286. The number of hydrogen-bond donors (Lipinski definition) is 1. The lowest BCUT2D eigenvalue weighted by Crippen LogP contribution is -2.39. The lowest BCUT2D eigenvalue weighted by atomic mass is 10.2. The van der Waals surface area contributed by atoms with Crippen LogP contribution in [0.15, 0.2) is 37.0 Å². The maximum atomic E-state index is 8.12. The van der Waals surface area contributed by atoms with Gasteiger partial charge in [0.2, 0.25) is 0 Å². The van der Waals surface area contributed by atoms with Gasteiger partial charge in [0.25, 0.3) is 0 Å². The third-order valence-corrected chi connectivity index (χ3v) is 3.08. The van der Waals surface area contributed by atoms with Gasteiger partial charge in [-0.15, -0.1) is 13.2 Å². The van der Waals surface area contributed by atoms with Crippen LogP contribution in [0.1, 0.15) is 26.7 Å². The van der Waals surface area contributed by atoms with E-state index in [1.165, 1.54) is 0 Å². The molecule has 1 N–H and O–H groups in total. The molecule has 0 aromatic carbocycles. The van der Waals surface area contributed by atoms with Crippen molar-refractivity contribution in [2.24, 2.45) is 0 Å². The van der Waals surface area contributed by atoms with Crippen LogP contribution in [0, 0.1) is 5.41 Å². The van der Waals surface area contributed by atoms with Gasteiger partial charge in [-0.05, 0) is 32.3 Å². The van der Waals surface area contributed by atoms with Crippen molar-refractivity contribution in [3.63, 3.8) is 0 Å². The van der Waals surface area contributed by atoms with E-state index in [1.54, 1.807) is 0 Å². The van der Waals surface area contributed by atoms with Crippen molar-refractivity contribution < 1.29 is 0 Å². The molecular formula is C13H20N2. The van der Waals surface area contributed by atoms with E-state index >= 15 is 0 Å². The molecule has 0 radical (unpaired) electrons. The number of amidine groups is 1. The van der Waals surface area contributed by atoms with Gasteiger partial charge in [-0.2, -0.15) is 0 Å². The van der Waals surface area contributed by atoms with E-state index in [0.717, 1.165) is 18.4 Å². The minimum atomic E-state index is 0.287.